The molecule has 3 rings (SSSR count). The van der Waals surface area contributed by atoms with E-state index in [9.17, 15) is 9.59 Å². The van der Waals surface area contributed by atoms with Crippen LogP contribution in [0, 0.1) is 0 Å². The number of pyridine rings is 1. The molecule has 0 N–H and O–H groups in total. The smallest absolute Gasteiger partial charge is 0.250 e. The van der Waals surface area contributed by atoms with Crippen LogP contribution in [0.1, 0.15) is 34.5 Å². The van der Waals surface area contributed by atoms with E-state index in [2.05, 4.69) is 0 Å². The van der Waals surface area contributed by atoms with E-state index in [4.69, 9.17) is 9.47 Å². The maximum atomic E-state index is 12.2. The van der Waals surface area contributed by atoms with Crippen molar-refractivity contribution in [1.82, 2.24) is 4.57 Å². The summed E-state index contributed by atoms with van der Waals surface area (Å²) >= 11 is 0. The molecule has 1 aliphatic carbocycles. The quantitative estimate of drug-likeness (QED) is 0.847. The Balaban J connectivity index is 1.86. The van der Waals surface area contributed by atoms with Gasteiger partial charge in [0.25, 0.3) is 5.56 Å². The van der Waals surface area contributed by atoms with Gasteiger partial charge in [-0.05, 0) is 43.0 Å². The summed E-state index contributed by atoms with van der Waals surface area (Å²) in [5.74, 6) is 1.49. The van der Waals surface area contributed by atoms with E-state index in [0.717, 1.165) is 24.1 Å². The van der Waals surface area contributed by atoms with Crippen LogP contribution in [-0.2, 0) is 19.4 Å². The zero-order chi connectivity index (χ0) is 17.1. The highest BCUT2D eigenvalue weighted by Gasteiger charge is 2.20. The largest absolute Gasteiger partial charge is 0.493 e. The normalized spacial score (nSPS) is 13.5. The number of methoxy groups -OCH3 is 2. The number of Topliss-reactive ketones (excluding diaryl/α,β-unsaturated/α-hetero) is 1. The van der Waals surface area contributed by atoms with Crippen molar-refractivity contribution >= 4 is 5.78 Å². The van der Waals surface area contributed by atoms with E-state index in [0.29, 0.717) is 36.4 Å². The fourth-order valence-electron chi connectivity index (χ4n) is 3.22. The molecule has 0 bridgehead atoms. The lowest BCUT2D eigenvalue weighted by Gasteiger charge is -2.20. The predicted molar refractivity (Wildman–Crippen MR) is 91.2 cm³/mol. The maximum Gasteiger partial charge on any atom is 0.250 e. The van der Waals surface area contributed by atoms with Crippen LogP contribution in [0.3, 0.4) is 0 Å². The highest BCUT2D eigenvalue weighted by Crippen LogP contribution is 2.28. The van der Waals surface area contributed by atoms with E-state index >= 15 is 0 Å². The zero-order valence-corrected chi connectivity index (χ0v) is 14.0. The van der Waals surface area contributed by atoms with Crippen molar-refractivity contribution < 1.29 is 14.3 Å². The number of hydrogen-bond acceptors (Lipinski definition) is 4. The lowest BCUT2D eigenvalue weighted by atomic mass is 9.94. The van der Waals surface area contributed by atoms with Gasteiger partial charge in [-0.15, -0.1) is 0 Å². The number of rotatable bonds is 5. The number of ether oxygens (including phenoxy) is 2. The molecular formula is C19H21NO4. The minimum absolute atomic E-state index is 0.0519. The molecule has 126 valence electrons. The fraction of sp³-hybridized carbons (Fsp3) is 0.368. The Hall–Kier alpha value is -2.56. The molecular weight excluding hydrogens is 306 g/mol. The molecule has 5 nitrogen and oxygen atoms in total. The second kappa shape index (κ2) is 6.91. The van der Waals surface area contributed by atoms with Crippen molar-refractivity contribution in [2.45, 2.75) is 32.2 Å². The molecule has 5 heteroatoms. The molecule has 0 atom stereocenters. The van der Waals surface area contributed by atoms with Crippen molar-refractivity contribution in [3.05, 3.63) is 57.5 Å². The average Bonchev–Trinajstić information content (AvgIpc) is 2.60. The molecule has 0 amide bonds. The van der Waals surface area contributed by atoms with Crippen LogP contribution in [0.2, 0.25) is 0 Å². The first kappa shape index (κ1) is 16.3. The topological polar surface area (TPSA) is 57.5 Å². The molecule has 0 unspecified atom stereocenters. The van der Waals surface area contributed by atoms with Crippen LogP contribution < -0.4 is 15.0 Å². The highest BCUT2D eigenvalue weighted by atomic mass is 16.5. The molecule has 24 heavy (non-hydrogen) atoms. The third kappa shape index (κ3) is 3.07. The van der Waals surface area contributed by atoms with Gasteiger partial charge in [0.15, 0.2) is 17.3 Å². The van der Waals surface area contributed by atoms with Gasteiger partial charge in [-0.3, -0.25) is 9.59 Å². The molecule has 0 radical (unpaired) electrons. The predicted octanol–water partition coefficient (Wildman–Crippen LogP) is 2.63. The van der Waals surface area contributed by atoms with Gasteiger partial charge in [0, 0.05) is 30.3 Å². The summed E-state index contributed by atoms with van der Waals surface area (Å²) in [6, 6.07) is 8.92. The maximum absolute atomic E-state index is 12.2. The molecule has 0 saturated carbocycles. The monoisotopic (exact) mass is 327 g/mol. The number of ketones is 1. The molecule has 1 aromatic heterocycles. The number of carbonyl (C=O) groups excluding carboxylic acids is 1. The van der Waals surface area contributed by atoms with E-state index in [1.54, 1.807) is 24.9 Å². The SMILES string of the molecule is COc1ccc(CCn2c3c(ccc2=O)C(=O)CCC3)cc1OC. The third-order valence-electron chi connectivity index (χ3n) is 4.49. The Kier molecular flexibility index (Phi) is 4.69. The summed E-state index contributed by atoms with van der Waals surface area (Å²) in [6.07, 6.45) is 2.85. The van der Waals surface area contributed by atoms with Crippen molar-refractivity contribution in [2.75, 3.05) is 14.2 Å². The van der Waals surface area contributed by atoms with Crippen LogP contribution in [0.15, 0.2) is 35.1 Å². The summed E-state index contributed by atoms with van der Waals surface area (Å²) in [6.45, 7) is 0.546. The number of aromatic nitrogens is 1. The van der Waals surface area contributed by atoms with E-state index in [1.165, 1.54) is 6.07 Å². The summed E-state index contributed by atoms with van der Waals surface area (Å²) in [5, 5.41) is 0. The summed E-state index contributed by atoms with van der Waals surface area (Å²) in [5.41, 5.74) is 2.58. The molecule has 0 spiro atoms. The molecule has 0 aliphatic heterocycles. The Labute approximate surface area is 140 Å². The van der Waals surface area contributed by atoms with Crippen molar-refractivity contribution in [3.8, 4) is 11.5 Å². The van der Waals surface area contributed by atoms with Gasteiger partial charge >= 0.3 is 0 Å². The number of hydrogen-bond donors (Lipinski definition) is 0. The Morgan fingerprint density at radius 3 is 2.54 bits per heavy atom. The zero-order valence-electron chi connectivity index (χ0n) is 14.0. The van der Waals surface area contributed by atoms with Gasteiger partial charge in [0.1, 0.15) is 0 Å². The standard InChI is InChI=1S/C19H21NO4/c1-23-17-8-6-13(12-18(17)24-2)10-11-20-15-4-3-5-16(21)14(15)7-9-19(20)22/h6-9,12H,3-5,10-11H2,1-2H3. The third-order valence-corrected chi connectivity index (χ3v) is 4.49. The molecule has 1 heterocycles. The molecule has 1 aromatic carbocycles. The summed E-state index contributed by atoms with van der Waals surface area (Å²) in [7, 11) is 3.20. The number of carbonyl (C=O) groups is 1. The minimum atomic E-state index is -0.0519. The van der Waals surface area contributed by atoms with Gasteiger partial charge in [0.2, 0.25) is 0 Å². The summed E-state index contributed by atoms with van der Waals surface area (Å²) < 4.78 is 12.3. The van der Waals surface area contributed by atoms with Crippen LogP contribution in [-0.4, -0.2) is 24.6 Å². The minimum Gasteiger partial charge on any atom is -0.493 e. The van der Waals surface area contributed by atoms with Gasteiger partial charge < -0.3 is 14.0 Å². The number of nitrogens with zero attached hydrogens (tertiary/aromatic N) is 1. The Bertz CT molecular complexity index is 823. The number of benzene rings is 1. The molecule has 0 fully saturated rings. The average molecular weight is 327 g/mol. The second-order valence-corrected chi connectivity index (χ2v) is 5.90. The van der Waals surface area contributed by atoms with Gasteiger partial charge in [-0.2, -0.15) is 0 Å². The van der Waals surface area contributed by atoms with Crippen LogP contribution >= 0.6 is 0 Å². The van der Waals surface area contributed by atoms with Crippen molar-refractivity contribution in [3.63, 3.8) is 0 Å². The second-order valence-electron chi connectivity index (χ2n) is 5.90. The molecule has 0 saturated heterocycles. The van der Waals surface area contributed by atoms with Crippen molar-refractivity contribution in [2.24, 2.45) is 0 Å². The lowest BCUT2D eigenvalue weighted by molar-refractivity contribution is 0.0970. The highest BCUT2D eigenvalue weighted by molar-refractivity contribution is 5.97. The molecule has 1 aliphatic rings. The van der Waals surface area contributed by atoms with Gasteiger partial charge in [0.05, 0.1) is 14.2 Å². The van der Waals surface area contributed by atoms with Crippen LogP contribution in [0.25, 0.3) is 0 Å². The van der Waals surface area contributed by atoms with Gasteiger partial charge in [-0.25, -0.2) is 0 Å². The Morgan fingerprint density at radius 1 is 1.00 bits per heavy atom. The fourth-order valence-corrected chi connectivity index (χ4v) is 3.22. The van der Waals surface area contributed by atoms with E-state index < -0.39 is 0 Å². The van der Waals surface area contributed by atoms with E-state index in [1.807, 2.05) is 18.2 Å². The Morgan fingerprint density at radius 2 is 1.79 bits per heavy atom. The first-order valence-corrected chi connectivity index (χ1v) is 8.11. The lowest BCUT2D eigenvalue weighted by Crippen LogP contribution is -2.28. The molecule has 2 aromatic rings. The van der Waals surface area contributed by atoms with Crippen LogP contribution in [0.4, 0.5) is 0 Å². The van der Waals surface area contributed by atoms with Crippen LogP contribution in [0.5, 0.6) is 11.5 Å². The number of aryl methyl sites for hydroxylation is 1. The van der Waals surface area contributed by atoms with E-state index in [-0.39, 0.29) is 11.3 Å². The summed E-state index contributed by atoms with van der Waals surface area (Å²) in [4.78, 5) is 24.3. The first-order valence-electron chi connectivity index (χ1n) is 8.11. The van der Waals surface area contributed by atoms with Gasteiger partial charge in [-0.1, -0.05) is 6.07 Å². The first-order chi connectivity index (χ1) is 11.6. The number of fused-ring (bicyclic) bond motifs is 1. The van der Waals surface area contributed by atoms with Crippen molar-refractivity contribution in [1.29, 1.82) is 0 Å².